The predicted molar refractivity (Wildman–Crippen MR) is 93.4 cm³/mol. The summed E-state index contributed by atoms with van der Waals surface area (Å²) in [5.41, 5.74) is 3.03. The van der Waals surface area contributed by atoms with Gasteiger partial charge in [0.15, 0.2) is 0 Å². The summed E-state index contributed by atoms with van der Waals surface area (Å²) in [6.45, 7) is 4.20. The Hall–Kier alpha value is -1.37. The van der Waals surface area contributed by atoms with Gasteiger partial charge in [0.2, 0.25) is 10.0 Å². The fourth-order valence-corrected chi connectivity index (χ4v) is 4.32. The van der Waals surface area contributed by atoms with E-state index in [0.29, 0.717) is 17.9 Å². The van der Waals surface area contributed by atoms with Crippen molar-refractivity contribution in [3.63, 3.8) is 0 Å². The molecule has 1 aliphatic heterocycles. The highest BCUT2D eigenvalue weighted by Crippen LogP contribution is 2.28. The first-order chi connectivity index (χ1) is 10.8. The molecule has 0 amide bonds. The number of benzene rings is 2. The van der Waals surface area contributed by atoms with Crippen molar-refractivity contribution in [1.29, 1.82) is 0 Å². The van der Waals surface area contributed by atoms with Gasteiger partial charge in [0, 0.05) is 4.47 Å². The van der Waals surface area contributed by atoms with Crippen molar-refractivity contribution in [1.82, 2.24) is 4.72 Å². The van der Waals surface area contributed by atoms with E-state index in [1.54, 1.807) is 12.1 Å². The Morgan fingerprint density at radius 2 is 1.91 bits per heavy atom. The Morgan fingerprint density at radius 1 is 1.13 bits per heavy atom. The maximum absolute atomic E-state index is 12.6. The predicted octanol–water partition coefficient (Wildman–Crippen LogP) is 3.35. The molecule has 0 aliphatic carbocycles. The standard InChI is InChI=1S/C17H18BrNO3S/c1-11-3-5-16(7-12(11)2)23(20,21)19-15-9-13-8-14(18)4-6-17(13)22-10-15/h3-8,15,19H,9-10H2,1-2H3/t15-/m0/s1. The molecule has 0 spiro atoms. The Labute approximate surface area is 145 Å². The van der Waals surface area contributed by atoms with Gasteiger partial charge in [-0.2, -0.15) is 0 Å². The summed E-state index contributed by atoms with van der Waals surface area (Å²) < 4.78 is 34.5. The average Bonchev–Trinajstić information content (AvgIpc) is 2.49. The summed E-state index contributed by atoms with van der Waals surface area (Å²) >= 11 is 3.43. The van der Waals surface area contributed by atoms with Crippen molar-refractivity contribution >= 4 is 26.0 Å². The van der Waals surface area contributed by atoms with E-state index in [1.807, 2.05) is 38.1 Å². The first kappa shape index (κ1) is 16.5. The summed E-state index contributed by atoms with van der Waals surface area (Å²) in [5, 5.41) is 0. The second-order valence-corrected chi connectivity index (χ2v) is 8.46. The molecule has 1 atom stereocenters. The fourth-order valence-electron chi connectivity index (χ4n) is 2.61. The van der Waals surface area contributed by atoms with E-state index in [2.05, 4.69) is 20.7 Å². The van der Waals surface area contributed by atoms with Gasteiger partial charge in [0.25, 0.3) is 0 Å². The molecule has 122 valence electrons. The zero-order valence-corrected chi connectivity index (χ0v) is 15.4. The third kappa shape index (κ3) is 3.59. The minimum Gasteiger partial charge on any atom is -0.492 e. The number of fused-ring (bicyclic) bond motifs is 1. The summed E-state index contributed by atoms with van der Waals surface area (Å²) in [5.74, 6) is 0.815. The topological polar surface area (TPSA) is 55.4 Å². The highest BCUT2D eigenvalue weighted by molar-refractivity contribution is 9.10. The van der Waals surface area contributed by atoms with Crippen LogP contribution in [0.3, 0.4) is 0 Å². The molecule has 0 fully saturated rings. The lowest BCUT2D eigenvalue weighted by molar-refractivity contribution is 0.254. The maximum atomic E-state index is 12.6. The van der Waals surface area contributed by atoms with Gasteiger partial charge < -0.3 is 4.74 Å². The van der Waals surface area contributed by atoms with Crippen LogP contribution in [0, 0.1) is 13.8 Å². The van der Waals surface area contributed by atoms with Crippen molar-refractivity contribution in [2.75, 3.05) is 6.61 Å². The van der Waals surface area contributed by atoms with Gasteiger partial charge >= 0.3 is 0 Å². The van der Waals surface area contributed by atoms with Crippen molar-refractivity contribution in [3.8, 4) is 5.75 Å². The molecular weight excluding hydrogens is 378 g/mol. The molecule has 23 heavy (non-hydrogen) atoms. The molecule has 0 saturated carbocycles. The van der Waals surface area contributed by atoms with E-state index in [-0.39, 0.29) is 6.04 Å². The number of halogens is 1. The second-order valence-electron chi connectivity index (χ2n) is 5.83. The van der Waals surface area contributed by atoms with E-state index in [1.165, 1.54) is 0 Å². The minimum absolute atomic E-state index is 0.275. The zero-order valence-electron chi connectivity index (χ0n) is 13.0. The van der Waals surface area contributed by atoms with Gasteiger partial charge in [-0.15, -0.1) is 0 Å². The SMILES string of the molecule is Cc1ccc(S(=O)(=O)N[C@@H]2COc3ccc(Br)cc3C2)cc1C. The molecule has 0 bridgehead atoms. The highest BCUT2D eigenvalue weighted by atomic mass is 79.9. The lowest BCUT2D eigenvalue weighted by Gasteiger charge is -2.26. The number of hydrogen-bond donors (Lipinski definition) is 1. The maximum Gasteiger partial charge on any atom is 0.240 e. The smallest absolute Gasteiger partial charge is 0.240 e. The molecule has 0 radical (unpaired) electrons. The molecule has 0 unspecified atom stereocenters. The number of rotatable bonds is 3. The lowest BCUT2D eigenvalue weighted by Crippen LogP contribution is -2.42. The first-order valence-corrected chi connectivity index (χ1v) is 9.63. The normalized spacial score (nSPS) is 17.4. The fraction of sp³-hybridized carbons (Fsp3) is 0.294. The Morgan fingerprint density at radius 3 is 2.65 bits per heavy atom. The molecule has 1 heterocycles. The molecule has 1 aliphatic rings. The molecule has 0 saturated heterocycles. The van der Waals surface area contributed by atoms with Crippen LogP contribution < -0.4 is 9.46 Å². The van der Waals surface area contributed by atoms with Gasteiger partial charge in [-0.3, -0.25) is 0 Å². The van der Waals surface area contributed by atoms with Crippen LogP contribution in [0.15, 0.2) is 45.8 Å². The third-order valence-electron chi connectivity index (χ3n) is 4.04. The van der Waals surface area contributed by atoms with E-state index in [4.69, 9.17) is 4.74 Å². The van der Waals surface area contributed by atoms with Crippen molar-refractivity contribution in [2.24, 2.45) is 0 Å². The summed E-state index contributed by atoms with van der Waals surface area (Å²) in [4.78, 5) is 0.292. The lowest BCUT2D eigenvalue weighted by atomic mass is 10.0. The van der Waals surface area contributed by atoms with Crippen LogP contribution in [-0.4, -0.2) is 21.1 Å². The van der Waals surface area contributed by atoms with E-state index >= 15 is 0 Å². The summed E-state index contributed by atoms with van der Waals surface area (Å²) in [7, 11) is -3.55. The van der Waals surface area contributed by atoms with E-state index < -0.39 is 10.0 Å². The molecule has 0 aromatic heterocycles. The van der Waals surface area contributed by atoms with Crippen LogP contribution in [0.2, 0.25) is 0 Å². The van der Waals surface area contributed by atoms with Gasteiger partial charge in [-0.25, -0.2) is 13.1 Å². The number of nitrogens with one attached hydrogen (secondary N) is 1. The zero-order chi connectivity index (χ0) is 16.6. The number of hydrogen-bond acceptors (Lipinski definition) is 3. The molecule has 6 heteroatoms. The van der Waals surface area contributed by atoms with Crippen LogP contribution in [-0.2, 0) is 16.4 Å². The Bertz CT molecular complexity index is 849. The highest BCUT2D eigenvalue weighted by Gasteiger charge is 2.25. The molecule has 1 N–H and O–H groups in total. The Kier molecular flexibility index (Phi) is 4.49. The number of aryl methyl sites for hydroxylation is 2. The quantitative estimate of drug-likeness (QED) is 0.866. The molecule has 4 nitrogen and oxygen atoms in total. The van der Waals surface area contributed by atoms with Crippen LogP contribution in [0.1, 0.15) is 16.7 Å². The van der Waals surface area contributed by atoms with Crippen LogP contribution in [0.5, 0.6) is 5.75 Å². The van der Waals surface area contributed by atoms with Crippen LogP contribution >= 0.6 is 15.9 Å². The van der Waals surface area contributed by atoms with E-state index in [9.17, 15) is 8.42 Å². The van der Waals surface area contributed by atoms with Crippen molar-refractivity contribution in [2.45, 2.75) is 31.2 Å². The summed E-state index contributed by atoms with van der Waals surface area (Å²) in [6.07, 6.45) is 0.610. The Balaban J connectivity index is 1.80. The average molecular weight is 396 g/mol. The monoisotopic (exact) mass is 395 g/mol. The van der Waals surface area contributed by atoms with Crippen LogP contribution in [0.25, 0.3) is 0 Å². The minimum atomic E-state index is -3.55. The molecule has 2 aromatic carbocycles. The van der Waals surface area contributed by atoms with Crippen molar-refractivity contribution in [3.05, 3.63) is 57.6 Å². The van der Waals surface area contributed by atoms with Gasteiger partial charge in [0.1, 0.15) is 12.4 Å². The molecular formula is C17H18BrNO3S. The van der Waals surface area contributed by atoms with Gasteiger partial charge in [-0.1, -0.05) is 22.0 Å². The van der Waals surface area contributed by atoms with E-state index in [0.717, 1.165) is 26.9 Å². The van der Waals surface area contributed by atoms with Gasteiger partial charge in [-0.05, 0) is 67.3 Å². The molecule has 2 aromatic rings. The van der Waals surface area contributed by atoms with Gasteiger partial charge in [0.05, 0.1) is 10.9 Å². The number of ether oxygens (including phenoxy) is 1. The number of sulfonamides is 1. The summed E-state index contributed by atoms with van der Waals surface area (Å²) in [6, 6.07) is 10.7. The largest absolute Gasteiger partial charge is 0.492 e. The van der Waals surface area contributed by atoms with Crippen LogP contribution in [0.4, 0.5) is 0 Å². The van der Waals surface area contributed by atoms with Crippen molar-refractivity contribution < 1.29 is 13.2 Å². The second kappa shape index (κ2) is 6.26. The first-order valence-electron chi connectivity index (χ1n) is 7.36. The molecule has 3 rings (SSSR count). The third-order valence-corrected chi connectivity index (χ3v) is 6.05.